The number of nitrogens with one attached hydrogen (secondary N) is 1. The highest BCUT2D eigenvalue weighted by molar-refractivity contribution is 7.85. The van der Waals surface area contributed by atoms with Gasteiger partial charge in [0.1, 0.15) is 6.04 Å². The van der Waals surface area contributed by atoms with Crippen LogP contribution in [-0.2, 0) is 33.9 Å². The van der Waals surface area contributed by atoms with E-state index in [-0.39, 0.29) is 5.75 Å². The van der Waals surface area contributed by atoms with Crippen LogP contribution in [0.25, 0.3) is 0 Å². The number of nitrogens with zero attached hydrogens (tertiary/aromatic N) is 2. The lowest BCUT2D eigenvalue weighted by molar-refractivity contribution is -0.140. The lowest BCUT2D eigenvalue weighted by Gasteiger charge is -2.12. The number of carbonyl (C=O) groups excluding carboxylic acids is 1. The second-order valence-electron chi connectivity index (χ2n) is 4.10. The monoisotopic (exact) mass is 287 g/mol. The third kappa shape index (κ3) is 5.21. The zero-order chi connectivity index (χ0) is 14.4. The van der Waals surface area contributed by atoms with Gasteiger partial charge in [0.15, 0.2) is 0 Å². The van der Waals surface area contributed by atoms with E-state index in [2.05, 4.69) is 10.4 Å². The largest absolute Gasteiger partial charge is 0.480 e. The van der Waals surface area contributed by atoms with Gasteiger partial charge in [-0.15, -0.1) is 0 Å². The first-order chi connectivity index (χ1) is 8.90. The number of hydrogen-bond donors (Lipinski definition) is 2. The summed E-state index contributed by atoms with van der Waals surface area (Å²) in [6, 6.07) is 0.713. The third-order valence-corrected chi connectivity index (χ3v) is 3.90. The normalized spacial score (nSPS) is 13.8. The Labute approximate surface area is 113 Å². The molecular formula is C11H17N3O4S. The SMILES string of the molecule is CC(=O)NC(CS(=O)CCc1ccnn1C)C(=O)O. The van der Waals surface area contributed by atoms with Crippen molar-refractivity contribution >= 4 is 22.7 Å². The fourth-order valence-corrected chi connectivity index (χ4v) is 2.76. The second kappa shape index (κ2) is 7.03. The van der Waals surface area contributed by atoms with Gasteiger partial charge in [-0.3, -0.25) is 13.7 Å². The van der Waals surface area contributed by atoms with E-state index in [1.807, 2.05) is 6.07 Å². The second-order valence-corrected chi connectivity index (χ2v) is 5.72. The minimum absolute atomic E-state index is 0.0905. The minimum Gasteiger partial charge on any atom is -0.480 e. The number of carboxylic acids is 1. The van der Waals surface area contributed by atoms with Crippen LogP contribution in [0, 0.1) is 0 Å². The molecule has 0 aliphatic carbocycles. The molecule has 1 heterocycles. The van der Waals surface area contributed by atoms with Crippen molar-refractivity contribution in [2.45, 2.75) is 19.4 Å². The van der Waals surface area contributed by atoms with E-state index in [1.165, 1.54) is 6.92 Å². The van der Waals surface area contributed by atoms with Crippen molar-refractivity contribution in [1.29, 1.82) is 0 Å². The number of carboxylic acid groups (broad SMARTS) is 1. The van der Waals surface area contributed by atoms with Gasteiger partial charge >= 0.3 is 5.97 Å². The molecule has 0 radical (unpaired) electrons. The van der Waals surface area contributed by atoms with Crippen molar-refractivity contribution < 1.29 is 18.9 Å². The zero-order valence-corrected chi connectivity index (χ0v) is 11.6. The van der Waals surface area contributed by atoms with Crippen molar-refractivity contribution in [2.24, 2.45) is 7.05 Å². The molecule has 1 aromatic heterocycles. The van der Waals surface area contributed by atoms with E-state index < -0.39 is 28.7 Å². The van der Waals surface area contributed by atoms with Gasteiger partial charge in [-0.25, -0.2) is 4.79 Å². The van der Waals surface area contributed by atoms with Crippen LogP contribution >= 0.6 is 0 Å². The highest BCUT2D eigenvalue weighted by Gasteiger charge is 2.21. The molecule has 0 aliphatic heterocycles. The Kier molecular flexibility index (Phi) is 5.68. The Hall–Kier alpha value is -1.70. The summed E-state index contributed by atoms with van der Waals surface area (Å²) < 4.78 is 13.5. The van der Waals surface area contributed by atoms with Crippen LogP contribution in [0.2, 0.25) is 0 Å². The first-order valence-corrected chi connectivity index (χ1v) is 7.20. The quantitative estimate of drug-likeness (QED) is 0.690. The number of hydrogen-bond acceptors (Lipinski definition) is 4. The highest BCUT2D eigenvalue weighted by atomic mass is 32.2. The Morgan fingerprint density at radius 1 is 1.58 bits per heavy atom. The lowest BCUT2D eigenvalue weighted by atomic mass is 10.3. The predicted molar refractivity (Wildman–Crippen MR) is 70.0 cm³/mol. The van der Waals surface area contributed by atoms with E-state index in [1.54, 1.807) is 17.9 Å². The van der Waals surface area contributed by atoms with Crippen molar-refractivity contribution in [3.8, 4) is 0 Å². The van der Waals surface area contributed by atoms with Crippen molar-refractivity contribution in [1.82, 2.24) is 15.1 Å². The average Bonchev–Trinajstić information content (AvgIpc) is 2.70. The number of rotatable bonds is 7. The average molecular weight is 287 g/mol. The number of carbonyl (C=O) groups is 2. The summed E-state index contributed by atoms with van der Waals surface area (Å²) in [7, 11) is 0.471. The molecule has 0 saturated carbocycles. The molecule has 0 saturated heterocycles. The molecule has 2 N–H and O–H groups in total. The molecule has 0 fully saturated rings. The number of aromatic nitrogens is 2. The van der Waals surface area contributed by atoms with Crippen LogP contribution < -0.4 is 5.32 Å². The van der Waals surface area contributed by atoms with Crippen LogP contribution in [0.15, 0.2) is 12.3 Å². The molecule has 7 nitrogen and oxygen atoms in total. The summed E-state index contributed by atoms with van der Waals surface area (Å²) >= 11 is 0. The third-order valence-electron chi connectivity index (χ3n) is 2.54. The standard InChI is InChI=1S/C11H17N3O4S/c1-8(15)13-10(11(16)17)7-19(18)6-4-9-3-5-12-14(9)2/h3,5,10H,4,6-7H2,1-2H3,(H,13,15)(H,16,17). The summed E-state index contributed by atoms with van der Waals surface area (Å²) in [4.78, 5) is 21.7. The Morgan fingerprint density at radius 3 is 2.74 bits per heavy atom. The van der Waals surface area contributed by atoms with Gasteiger partial charge in [0.25, 0.3) is 0 Å². The first kappa shape index (κ1) is 15.4. The number of amides is 1. The van der Waals surface area contributed by atoms with E-state index in [9.17, 15) is 13.8 Å². The fourth-order valence-electron chi connectivity index (χ4n) is 1.55. The topological polar surface area (TPSA) is 101 Å². The van der Waals surface area contributed by atoms with Gasteiger partial charge in [0.05, 0.1) is 5.75 Å². The summed E-state index contributed by atoms with van der Waals surface area (Å²) in [6.45, 7) is 1.23. The van der Waals surface area contributed by atoms with Gasteiger partial charge in [-0.2, -0.15) is 5.10 Å². The van der Waals surface area contributed by atoms with Crippen LogP contribution in [-0.4, -0.2) is 48.5 Å². The summed E-state index contributed by atoms with van der Waals surface area (Å²) in [5.41, 5.74) is 0.930. The summed E-state index contributed by atoms with van der Waals surface area (Å²) in [6.07, 6.45) is 2.20. The van der Waals surface area contributed by atoms with Crippen molar-refractivity contribution in [3.05, 3.63) is 18.0 Å². The van der Waals surface area contributed by atoms with Crippen molar-refractivity contribution in [3.63, 3.8) is 0 Å². The number of aliphatic carboxylic acids is 1. The molecule has 106 valence electrons. The van der Waals surface area contributed by atoms with Gasteiger partial charge in [-0.05, 0) is 6.07 Å². The maximum Gasteiger partial charge on any atom is 0.327 e. The molecule has 2 unspecified atom stereocenters. The summed E-state index contributed by atoms with van der Waals surface area (Å²) in [5, 5.41) is 15.2. The Morgan fingerprint density at radius 2 is 2.26 bits per heavy atom. The molecule has 2 atom stereocenters. The molecule has 19 heavy (non-hydrogen) atoms. The molecule has 0 aromatic carbocycles. The Balaban J connectivity index is 2.47. The van der Waals surface area contributed by atoms with E-state index in [0.29, 0.717) is 12.2 Å². The van der Waals surface area contributed by atoms with Gasteiger partial charge in [0.2, 0.25) is 5.91 Å². The van der Waals surface area contributed by atoms with E-state index in [0.717, 1.165) is 5.69 Å². The van der Waals surface area contributed by atoms with Crippen LogP contribution in [0.4, 0.5) is 0 Å². The Bertz CT molecular complexity index is 486. The van der Waals surface area contributed by atoms with E-state index in [4.69, 9.17) is 5.11 Å². The molecule has 0 aliphatic rings. The maximum atomic E-state index is 11.8. The lowest BCUT2D eigenvalue weighted by Crippen LogP contribution is -2.43. The minimum atomic E-state index is -1.32. The smallest absolute Gasteiger partial charge is 0.327 e. The fraction of sp³-hybridized carbons (Fsp3) is 0.545. The van der Waals surface area contributed by atoms with Crippen LogP contribution in [0.1, 0.15) is 12.6 Å². The van der Waals surface area contributed by atoms with Gasteiger partial charge < -0.3 is 10.4 Å². The highest BCUT2D eigenvalue weighted by Crippen LogP contribution is 2.00. The predicted octanol–water partition coefficient (Wildman–Crippen LogP) is -0.699. The molecule has 0 spiro atoms. The first-order valence-electron chi connectivity index (χ1n) is 5.72. The van der Waals surface area contributed by atoms with E-state index >= 15 is 0 Å². The molecular weight excluding hydrogens is 270 g/mol. The van der Waals surface area contributed by atoms with Crippen molar-refractivity contribution in [2.75, 3.05) is 11.5 Å². The maximum absolute atomic E-state index is 11.8. The molecule has 1 aromatic rings. The molecule has 1 amide bonds. The summed E-state index contributed by atoms with van der Waals surface area (Å²) in [5.74, 6) is -1.38. The molecule has 8 heteroatoms. The molecule has 1 rings (SSSR count). The zero-order valence-electron chi connectivity index (χ0n) is 10.8. The van der Waals surface area contributed by atoms with Crippen LogP contribution in [0.5, 0.6) is 0 Å². The van der Waals surface area contributed by atoms with Gasteiger partial charge in [-0.1, -0.05) is 0 Å². The van der Waals surface area contributed by atoms with Gasteiger partial charge in [0, 0.05) is 48.8 Å². The molecule has 0 bridgehead atoms. The number of aryl methyl sites for hydroxylation is 2. The van der Waals surface area contributed by atoms with Crippen LogP contribution in [0.3, 0.4) is 0 Å².